The van der Waals surface area contributed by atoms with E-state index in [1.54, 1.807) is 29.9 Å². The highest BCUT2D eigenvalue weighted by Crippen LogP contribution is 2.21. The van der Waals surface area contributed by atoms with Gasteiger partial charge in [0, 0.05) is 24.2 Å². The second kappa shape index (κ2) is 8.41. The van der Waals surface area contributed by atoms with Crippen LogP contribution >= 0.6 is 23.2 Å². The van der Waals surface area contributed by atoms with E-state index >= 15 is 0 Å². The third-order valence-corrected chi connectivity index (χ3v) is 4.45. The van der Waals surface area contributed by atoms with Crippen molar-refractivity contribution in [2.24, 2.45) is 0 Å². The standard InChI is InChI=1S/C17H16Cl2N6O3/c1-11-15(25(27)28)10-23(21-11)7-6-16(26)20-17-14(19)9-24(22-17)8-12-2-4-13(18)5-3-12/h2-5,9-10H,6-8H2,1H3,(H,20,22,26). The van der Waals surface area contributed by atoms with Crippen LogP contribution < -0.4 is 5.32 Å². The fraction of sp³-hybridized carbons (Fsp3) is 0.235. The number of nitrogens with zero attached hydrogens (tertiary/aromatic N) is 5. The van der Waals surface area contributed by atoms with Gasteiger partial charge in [0.2, 0.25) is 5.91 Å². The lowest BCUT2D eigenvalue weighted by Crippen LogP contribution is -2.15. The SMILES string of the molecule is Cc1nn(CCC(=O)Nc2nn(Cc3ccc(Cl)cc3)cc2Cl)cc1[N+](=O)[O-]. The third-order valence-electron chi connectivity index (χ3n) is 3.92. The summed E-state index contributed by atoms with van der Waals surface area (Å²) in [6.07, 6.45) is 2.99. The van der Waals surface area contributed by atoms with Crippen LogP contribution in [0.15, 0.2) is 36.7 Å². The van der Waals surface area contributed by atoms with Gasteiger partial charge in [-0.15, -0.1) is 0 Å². The highest BCUT2D eigenvalue weighted by atomic mass is 35.5. The highest BCUT2D eigenvalue weighted by molar-refractivity contribution is 6.33. The largest absolute Gasteiger partial charge is 0.309 e. The normalized spacial score (nSPS) is 10.8. The number of carbonyl (C=O) groups is 1. The number of hydrogen-bond acceptors (Lipinski definition) is 5. The Bertz CT molecular complexity index is 1010. The number of anilines is 1. The number of carbonyl (C=O) groups excluding carboxylic acids is 1. The number of nitrogens with one attached hydrogen (secondary N) is 1. The van der Waals surface area contributed by atoms with Crippen LogP contribution in [0.1, 0.15) is 17.7 Å². The maximum absolute atomic E-state index is 12.2. The van der Waals surface area contributed by atoms with Gasteiger partial charge in [0.1, 0.15) is 16.9 Å². The second-order valence-electron chi connectivity index (χ2n) is 6.07. The number of aromatic nitrogens is 4. The van der Waals surface area contributed by atoms with Crippen LogP contribution in [0, 0.1) is 17.0 Å². The summed E-state index contributed by atoms with van der Waals surface area (Å²) in [7, 11) is 0. The highest BCUT2D eigenvalue weighted by Gasteiger charge is 2.16. The van der Waals surface area contributed by atoms with Gasteiger partial charge in [-0.1, -0.05) is 35.3 Å². The van der Waals surface area contributed by atoms with Crippen molar-refractivity contribution in [3.8, 4) is 0 Å². The Morgan fingerprint density at radius 1 is 1.18 bits per heavy atom. The molecule has 28 heavy (non-hydrogen) atoms. The second-order valence-corrected chi connectivity index (χ2v) is 6.91. The Morgan fingerprint density at radius 2 is 1.89 bits per heavy atom. The summed E-state index contributed by atoms with van der Waals surface area (Å²) in [4.78, 5) is 22.5. The summed E-state index contributed by atoms with van der Waals surface area (Å²) >= 11 is 12.0. The summed E-state index contributed by atoms with van der Waals surface area (Å²) in [5.74, 6) is -0.0716. The Kier molecular flexibility index (Phi) is 5.96. The first kappa shape index (κ1) is 19.8. The van der Waals surface area contributed by atoms with Crippen LogP contribution in [0.2, 0.25) is 10.0 Å². The third kappa shape index (κ3) is 4.87. The molecule has 2 heterocycles. The molecular weight excluding hydrogens is 407 g/mol. The van der Waals surface area contributed by atoms with E-state index in [0.717, 1.165) is 5.56 Å². The van der Waals surface area contributed by atoms with Gasteiger partial charge in [-0.3, -0.25) is 24.3 Å². The molecule has 0 aliphatic heterocycles. The van der Waals surface area contributed by atoms with Gasteiger partial charge in [-0.25, -0.2) is 0 Å². The lowest BCUT2D eigenvalue weighted by Gasteiger charge is -2.04. The van der Waals surface area contributed by atoms with Gasteiger partial charge in [0.05, 0.1) is 11.5 Å². The molecule has 0 spiro atoms. The Hall–Kier alpha value is -2.91. The van der Waals surface area contributed by atoms with E-state index in [1.807, 2.05) is 12.1 Å². The van der Waals surface area contributed by atoms with Crippen molar-refractivity contribution in [2.45, 2.75) is 26.4 Å². The van der Waals surface area contributed by atoms with E-state index in [1.165, 1.54) is 10.9 Å². The molecular formula is C17H16Cl2N6O3. The molecule has 9 nitrogen and oxygen atoms in total. The first-order chi connectivity index (χ1) is 13.3. The molecule has 0 aliphatic rings. The van der Waals surface area contributed by atoms with E-state index in [-0.39, 0.29) is 30.4 Å². The van der Waals surface area contributed by atoms with Crippen LogP contribution in [-0.4, -0.2) is 30.4 Å². The molecule has 146 valence electrons. The summed E-state index contributed by atoms with van der Waals surface area (Å²) < 4.78 is 2.98. The van der Waals surface area contributed by atoms with Gasteiger partial charge < -0.3 is 5.32 Å². The minimum absolute atomic E-state index is 0.0681. The molecule has 11 heteroatoms. The van der Waals surface area contributed by atoms with Crippen LogP contribution in [0.25, 0.3) is 0 Å². The van der Waals surface area contributed by atoms with Crippen LogP contribution in [0.5, 0.6) is 0 Å². The minimum Gasteiger partial charge on any atom is -0.308 e. The number of halogens is 2. The molecule has 0 bridgehead atoms. The number of amides is 1. The Morgan fingerprint density at radius 3 is 2.54 bits per heavy atom. The molecule has 0 saturated carbocycles. The average molecular weight is 423 g/mol. The van der Waals surface area contributed by atoms with Crippen molar-refractivity contribution >= 4 is 40.6 Å². The smallest absolute Gasteiger partial charge is 0.308 e. The quantitative estimate of drug-likeness (QED) is 0.461. The van der Waals surface area contributed by atoms with E-state index in [0.29, 0.717) is 22.3 Å². The summed E-state index contributed by atoms with van der Waals surface area (Å²) in [6.45, 7) is 2.22. The predicted octanol–water partition coefficient (Wildman–Crippen LogP) is 3.68. The lowest BCUT2D eigenvalue weighted by molar-refractivity contribution is -0.385. The van der Waals surface area contributed by atoms with Crippen molar-refractivity contribution in [3.63, 3.8) is 0 Å². The molecule has 0 aliphatic carbocycles. The molecule has 0 radical (unpaired) electrons. The number of hydrogen-bond donors (Lipinski definition) is 1. The molecule has 1 aromatic carbocycles. The van der Waals surface area contributed by atoms with E-state index in [2.05, 4.69) is 15.5 Å². The zero-order chi connectivity index (χ0) is 20.3. The molecule has 3 aromatic rings. The summed E-state index contributed by atoms with van der Waals surface area (Å²) in [6, 6.07) is 7.32. The summed E-state index contributed by atoms with van der Waals surface area (Å²) in [5, 5.41) is 22.7. The maximum Gasteiger partial charge on any atom is 0.309 e. The van der Waals surface area contributed by atoms with Gasteiger partial charge in [0.25, 0.3) is 0 Å². The van der Waals surface area contributed by atoms with E-state index < -0.39 is 4.92 Å². The number of nitro groups is 1. The van der Waals surface area contributed by atoms with Gasteiger partial charge >= 0.3 is 5.69 Å². The van der Waals surface area contributed by atoms with Gasteiger partial charge in [-0.2, -0.15) is 10.2 Å². The first-order valence-electron chi connectivity index (χ1n) is 8.27. The Balaban J connectivity index is 1.58. The number of rotatable bonds is 7. The van der Waals surface area contributed by atoms with Crippen molar-refractivity contribution in [2.75, 3.05) is 5.32 Å². The Labute approximate surface area is 170 Å². The van der Waals surface area contributed by atoms with Crippen molar-refractivity contribution in [1.82, 2.24) is 19.6 Å². The number of aryl methyl sites for hydroxylation is 2. The molecule has 0 saturated heterocycles. The van der Waals surface area contributed by atoms with Crippen LogP contribution in [-0.2, 0) is 17.9 Å². The van der Waals surface area contributed by atoms with Crippen LogP contribution in [0.3, 0.4) is 0 Å². The zero-order valence-electron chi connectivity index (χ0n) is 14.8. The van der Waals surface area contributed by atoms with Crippen molar-refractivity contribution < 1.29 is 9.72 Å². The van der Waals surface area contributed by atoms with Gasteiger partial charge in [0.15, 0.2) is 5.82 Å². The monoisotopic (exact) mass is 422 g/mol. The van der Waals surface area contributed by atoms with Gasteiger partial charge in [-0.05, 0) is 24.6 Å². The molecule has 0 unspecified atom stereocenters. The minimum atomic E-state index is -0.508. The molecule has 2 aromatic heterocycles. The van der Waals surface area contributed by atoms with E-state index in [4.69, 9.17) is 23.2 Å². The molecule has 0 atom stereocenters. The van der Waals surface area contributed by atoms with Crippen molar-refractivity contribution in [1.29, 1.82) is 0 Å². The van der Waals surface area contributed by atoms with E-state index in [9.17, 15) is 14.9 Å². The molecule has 1 N–H and O–H groups in total. The van der Waals surface area contributed by atoms with Crippen molar-refractivity contribution in [3.05, 3.63) is 68.1 Å². The topological polar surface area (TPSA) is 108 Å². The average Bonchev–Trinajstić information content (AvgIpc) is 3.17. The molecule has 1 amide bonds. The molecule has 3 rings (SSSR count). The first-order valence-corrected chi connectivity index (χ1v) is 9.03. The lowest BCUT2D eigenvalue weighted by atomic mass is 10.2. The molecule has 0 fully saturated rings. The fourth-order valence-electron chi connectivity index (χ4n) is 2.55. The predicted molar refractivity (Wildman–Crippen MR) is 105 cm³/mol. The zero-order valence-corrected chi connectivity index (χ0v) is 16.3. The summed E-state index contributed by atoms with van der Waals surface area (Å²) in [5.41, 5.74) is 1.20. The fourth-order valence-corrected chi connectivity index (χ4v) is 2.88. The number of benzene rings is 1. The van der Waals surface area contributed by atoms with Crippen LogP contribution in [0.4, 0.5) is 11.5 Å². The maximum atomic E-state index is 12.2.